The second-order valence-electron chi connectivity index (χ2n) is 6.44. The Morgan fingerprint density at radius 1 is 1.10 bits per heavy atom. The van der Waals surface area contributed by atoms with Crippen LogP contribution < -0.4 is 10.1 Å². The van der Waals surface area contributed by atoms with Crippen LogP contribution in [0.5, 0.6) is 5.75 Å². The highest BCUT2D eigenvalue weighted by Crippen LogP contribution is 2.26. The van der Waals surface area contributed by atoms with Gasteiger partial charge in [-0.05, 0) is 43.2 Å². The van der Waals surface area contributed by atoms with Crippen LogP contribution in [0.15, 0.2) is 63.6 Å². The van der Waals surface area contributed by atoms with Gasteiger partial charge in [0.05, 0.1) is 5.69 Å². The second-order valence-corrected chi connectivity index (χ2v) is 8.23. The molecule has 0 amide bonds. The topological polar surface area (TPSA) is 73.1 Å². The number of benzene rings is 2. The van der Waals surface area contributed by atoms with Crippen molar-refractivity contribution in [2.24, 2.45) is 0 Å². The van der Waals surface area contributed by atoms with Gasteiger partial charge in [0.15, 0.2) is 11.7 Å². The zero-order valence-corrected chi connectivity index (χ0v) is 17.7. The second kappa shape index (κ2) is 9.11. The van der Waals surface area contributed by atoms with Gasteiger partial charge in [0, 0.05) is 16.8 Å². The highest BCUT2D eigenvalue weighted by Gasteiger charge is 2.10. The van der Waals surface area contributed by atoms with E-state index in [1.807, 2.05) is 61.7 Å². The Morgan fingerprint density at radius 3 is 2.83 bits per heavy atom. The first kappa shape index (κ1) is 19.5. The Bertz CT molecular complexity index is 1080. The van der Waals surface area contributed by atoms with Crippen molar-refractivity contribution >= 4 is 33.9 Å². The number of thiazole rings is 1. The predicted molar refractivity (Wildman–Crippen MR) is 116 cm³/mol. The van der Waals surface area contributed by atoms with Crippen LogP contribution in [0.2, 0.25) is 0 Å². The standard InChI is InChI=1S/C21H20N4O2S2/c1-14-8-9-15(2)18(10-14)26-11-19-24-25-21(27-19)29-13-17-12-28-20(23-17)22-16-6-4-3-5-7-16/h3-10,12H,11,13H2,1-2H3,(H,22,23). The quantitative estimate of drug-likeness (QED) is 0.361. The zero-order valence-electron chi connectivity index (χ0n) is 16.1. The van der Waals surface area contributed by atoms with Gasteiger partial charge in [-0.3, -0.25) is 0 Å². The Kier molecular flexibility index (Phi) is 6.12. The fourth-order valence-corrected chi connectivity index (χ4v) is 4.08. The molecule has 0 aliphatic carbocycles. The van der Waals surface area contributed by atoms with E-state index in [1.165, 1.54) is 11.8 Å². The maximum Gasteiger partial charge on any atom is 0.277 e. The van der Waals surface area contributed by atoms with Crippen LogP contribution in [0, 0.1) is 13.8 Å². The number of ether oxygens (including phenoxy) is 1. The van der Waals surface area contributed by atoms with E-state index in [1.54, 1.807) is 11.3 Å². The minimum atomic E-state index is 0.250. The SMILES string of the molecule is Cc1ccc(C)c(OCc2nnc(SCc3csc(Nc4ccccc4)n3)o2)c1. The van der Waals surface area contributed by atoms with Crippen molar-refractivity contribution < 1.29 is 9.15 Å². The molecule has 0 radical (unpaired) electrons. The van der Waals surface area contributed by atoms with Crippen LogP contribution >= 0.6 is 23.1 Å². The van der Waals surface area contributed by atoms with Crippen LogP contribution in [0.1, 0.15) is 22.7 Å². The predicted octanol–water partition coefficient (Wildman–Crippen LogP) is 5.76. The minimum Gasteiger partial charge on any atom is -0.484 e. The molecular formula is C21H20N4O2S2. The molecule has 2 aromatic carbocycles. The normalized spacial score (nSPS) is 10.8. The number of aromatic nitrogens is 3. The molecule has 4 aromatic rings. The van der Waals surface area contributed by atoms with Gasteiger partial charge in [-0.15, -0.1) is 21.5 Å². The lowest BCUT2D eigenvalue weighted by molar-refractivity contribution is 0.250. The summed E-state index contributed by atoms with van der Waals surface area (Å²) >= 11 is 3.03. The fourth-order valence-electron chi connectivity index (χ4n) is 2.57. The molecule has 8 heteroatoms. The molecule has 0 unspecified atom stereocenters. The molecule has 0 spiro atoms. The average molecular weight is 425 g/mol. The molecule has 4 rings (SSSR count). The number of anilines is 2. The highest BCUT2D eigenvalue weighted by atomic mass is 32.2. The van der Waals surface area contributed by atoms with Crippen molar-refractivity contribution in [2.75, 3.05) is 5.32 Å². The molecule has 0 aliphatic rings. The summed E-state index contributed by atoms with van der Waals surface area (Å²) in [6.45, 7) is 4.30. The van der Waals surface area contributed by atoms with E-state index < -0.39 is 0 Å². The van der Waals surface area contributed by atoms with Gasteiger partial charge in [0.1, 0.15) is 5.75 Å². The van der Waals surface area contributed by atoms with Crippen molar-refractivity contribution in [3.05, 3.63) is 76.6 Å². The maximum atomic E-state index is 5.82. The Hall–Kier alpha value is -2.84. The first-order valence-electron chi connectivity index (χ1n) is 9.07. The van der Waals surface area contributed by atoms with E-state index in [-0.39, 0.29) is 6.61 Å². The first-order chi connectivity index (χ1) is 14.2. The molecule has 0 bridgehead atoms. The molecule has 6 nitrogen and oxygen atoms in total. The van der Waals surface area contributed by atoms with E-state index in [2.05, 4.69) is 26.6 Å². The Morgan fingerprint density at radius 2 is 1.97 bits per heavy atom. The molecule has 0 aliphatic heterocycles. The third-order valence-electron chi connectivity index (χ3n) is 4.06. The van der Waals surface area contributed by atoms with Crippen molar-refractivity contribution in [3.8, 4) is 5.75 Å². The lowest BCUT2D eigenvalue weighted by Crippen LogP contribution is -1.97. The van der Waals surface area contributed by atoms with Gasteiger partial charge >= 0.3 is 0 Å². The smallest absolute Gasteiger partial charge is 0.277 e. The summed E-state index contributed by atoms with van der Waals surface area (Å²) in [6.07, 6.45) is 0. The summed E-state index contributed by atoms with van der Waals surface area (Å²) in [6, 6.07) is 16.1. The van der Waals surface area contributed by atoms with Gasteiger partial charge in [-0.1, -0.05) is 42.1 Å². The number of rotatable bonds is 8. The Balaban J connectivity index is 1.29. The summed E-state index contributed by atoms with van der Waals surface area (Å²) in [5.41, 5.74) is 4.21. The zero-order chi connectivity index (χ0) is 20.1. The van der Waals surface area contributed by atoms with Gasteiger partial charge in [-0.25, -0.2) is 4.98 Å². The van der Waals surface area contributed by atoms with E-state index in [0.717, 1.165) is 33.4 Å². The number of para-hydroxylation sites is 1. The molecule has 148 valence electrons. The van der Waals surface area contributed by atoms with Crippen molar-refractivity contribution in [2.45, 2.75) is 31.4 Å². The number of thioether (sulfide) groups is 1. The van der Waals surface area contributed by atoms with E-state index in [0.29, 0.717) is 16.9 Å². The van der Waals surface area contributed by atoms with Gasteiger partial charge in [0.2, 0.25) is 0 Å². The molecule has 1 N–H and O–H groups in total. The molecule has 2 heterocycles. The molecule has 0 saturated heterocycles. The highest BCUT2D eigenvalue weighted by molar-refractivity contribution is 7.98. The third kappa shape index (κ3) is 5.36. The van der Waals surface area contributed by atoms with E-state index in [9.17, 15) is 0 Å². The van der Waals surface area contributed by atoms with E-state index in [4.69, 9.17) is 9.15 Å². The molecule has 0 fully saturated rings. The number of nitrogens with zero attached hydrogens (tertiary/aromatic N) is 3. The molecule has 29 heavy (non-hydrogen) atoms. The minimum absolute atomic E-state index is 0.250. The van der Waals surface area contributed by atoms with Crippen LogP contribution in [0.25, 0.3) is 0 Å². The molecule has 0 atom stereocenters. The van der Waals surface area contributed by atoms with Crippen LogP contribution in [0.4, 0.5) is 10.8 Å². The summed E-state index contributed by atoms with van der Waals surface area (Å²) in [5, 5.41) is 14.8. The number of aryl methyl sites for hydroxylation is 2. The number of nitrogens with one attached hydrogen (secondary N) is 1. The first-order valence-corrected chi connectivity index (χ1v) is 10.9. The molecular weight excluding hydrogens is 404 g/mol. The Labute approximate surface area is 177 Å². The van der Waals surface area contributed by atoms with Gasteiger partial charge < -0.3 is 14.5 Å². The van der Waals surface area contributed by atoms with Gasteiger partial charge in [-0.2, -0.15) is 0 Å². The third-order valence-corrected chi connectivity index (χ3v) is 5.72. The maximum absolute atomic E-state index is 5.82. The van der Waals surface area contributed by atoms with Crippen LogP contribution in [0.3, 0.4) is 0 Å². The monoisotopic (exact) mass is 424 g/mol. The summed E-state index contributed by atoms with van der Waals surface area (Å²) in [5.74, 6) is 1.95. The summed E-state index contributed by atoms with van der Waals surface area (Å²) in [7, 11) is 0. The largest absolute Gasteiger partial charge is 0.484 e. The number of hydrogen-bond acceptors (Lipinski definition) is 8. The summed E-state index contributed by atoms with van der Waals surface area (Å²) in [4.78, 5) is 4.59. The molecule has 0 saturated carbocycles. The number of hydrogen-bond donors (Lipinski definition) is 1. The fraction of sp³-hybridized carbons (Fsp3) is 0.190. The lowest BCUT2D eigenvalue weighted by atomic mass is 10.1. The lowest BCUT2D eigenvalue weighted by Gasteiger charge is -2.07. The van der Waals surface area contributed by atoms with E-state index >= 15 is 0 Å². The van der Waals surface area contributed by atoms with Crippen molar-refractivity contribution in [3.63, 3.8) is 0 Å². The van der Waals surface area contributed by atoms with Crippen molar-refractivity contribution in [1.82, 2.24) is 15.2 Å². The summed E-state index contributed by atoms with van der Waals surface area (Å²) < 4.78 is 11.5. The van der Waals surface area contributed by atoms with Gasteiger partial charge in [0.25, 0.3) is 11.1 Å². The molecule has 2 aromatic heterocycles. The van der Waals surface area contributed by atoms with Crippen molar-refractivity contribution in [1.29, 1.82) is 0 Å². The average Bonchev–Trinajstić information content (AvgIpc) is 3.37. The van der Waals surface area contributed by atoms with Crippen LogP contribution in [-0.2, 0) is 12.4 Å². The van der Waals surface area contributed by atoms with Crippen LogP contribution in [-0.4, -0.2) is 15.2 Å².